The molecule has 0 N–H and O–H groups in total. The third-order valence-corrected chi connectivity index (χ3v) is 4.77. The lowest BCUT2D eigenvalue weighted by Crippen LogP contribution is -2.02. The van der Waals surface area contributed by atoms with Gasteiger partial charge in [-0.25, -0.2) is 0 Å². The van der Waals surface area contributed by atoms with E-state index in [1.807, 2.05) is 0 Å². The highest BCUT2D eigenvalue weighted by Crippen LogP contribution is 2.38. The van der Waals surface area contributed by atoms with Gasteiger partial charge in [0.2, 0.25) is 0 Å². The Labute approximate surface area is 180 Å². The molecular weight excluding hydrogens is 376 g/mol. The molecule has 0 atom stereocenters. The van der Waals surface area contributed by atoms with Gasteiger partial charge in [0, 0.05) is 0 Å². The monoisotopic (exact) mass is 410 g/mol. The second-order valence-corrected chi connectivity index (χ2v) is 7.54. The average molecular weight is 411 g/mol. The second kappa shape index (κ2) is 11.0. The van der Waals surface area contributed by atoms with Gasteiger partial charge >= 0.3 is 0 Å². The van der Waals surface area contributed by atoms with Crippen LogP contribution in [0.4, 0.5) is 0 Å². The number of ether oxygens (including phenoxy) is 4. The molecule has 4 nitrogen and oxygen atoms in total. The van der Waals surface area contributed by atoms with Crippen molar-refractivity contribution >= 4 is 21.5 Å². The van der Waals surface area contributed by atoms with E-state index in [1.165, 1.54) is 0 Å². The van der Waals surface area contributed by atoms with Gasteiger partial charge in [-0.05, 0) is 83.6 Å². The van der Waals surface area contributed by atoms with Crippen molar-refractivity contribution in [2.45, 2.75) is 53.4 Å². The van der Waals surface area contributed by atoms with Crippen molar-refractivity contribution in [3.8, 4) is 23.0 Å². The summed E-state index contributed by atoms with van der Waals surface area (Å²) in [5, 5.41) is 4.50. The van der Waals surface area contributed by atoms with Gasteiger partial charge in [0.15, 0.2) is 23.0 Å². The molecule has 4 heteroatoms. The van der Waals surface area contributed by atoms with Crippen LogP contribution in [0.25, 0.3) is 21.5 Å². The largest absolute Gasteiger partial charge is 0.490 e. The predicted octanol–water partition coefficient (Wildman–Crippen LogP) is 7.15. The smallest absolute Gasteiger partial charge is 0.161 e. The summed E-state index contributed by atoms with van der Waals surface area (Å²) in [5.74, 6) is 3.23. The summed E-state index contributed by atoms with van der Waals surface area (Å²) in [5.41, 5.74) is 0. The third-order valence-electron chi connectivity index (χ3n) is 4.77. The zero-order valence-electron chi connectivity index (χ0n) is 18.8. The Kier molecular flexibility index (Phi) is 8.06. The van der Waals surface area contributed by atoms with Gasteiger partial charge in [0.25, 0.3) is 0 Å². The topological polar surface area (TPSA) is 36.9 Å². The number of rotatable bonds is 12. The van der Waals surface area contributed by atoms with Crippen LogP contribution in [0.3, 0.4) is 0 Å². The first-order valence-corrected chi connectivity index (χ1v) is 11.3. The van der Waals surface area contributed by atoms with E-state index >= 15 is 0 Å². The molecule has 0 heterocycles. The number of hydrogen-bond acceptors (Lipinski definition) is 4. The van der Waals surface area contributed by atoms with E-state index in [4.69, 9.17) is 18.9 Å². The second-order valence-electron chi connectivity index (χ2n) is 7.54. The lowest BCUT2D eigenvalue weighted by Gasteiger charge is -2.16. The SMILES string of the molecule is CCCOc1cc2cc3cc(OCCC)c(OCCC)cc3cc2cc1OCCC. The molecule has 0 aliphatic rings. The Morgan fingerprint density at radius 2 is 0.633 bits per heavy atom. The first-order chi connectivity index (χ1) is 14.7. The average Bonchev–Trinajstić information content (AvgIpc) is 2.76. The standard InChI is InChI=1S/C26H34O4/c1-5-9-27-23-15-19-13-21-17-25(29-11-7-3)26(30-12-8-4)18-22(21)14-20(19)16-24(23)28-10-6-2/h13-18H,5-12H2,1-4H3. The number of benzene rings is 3. The lowest BCUT2D eigenvalue weighted by atomic mass is 10.0. The van der Waals surface area contributed by atoms with Crippen LogP contribution in [0, 0.1) is 0 Å². The first-order valence-electron chi connectivity index (χ1n) is 11.3. The fourth-order valence-corrected chi connectivity index (χ4v) is 3.32. The molecule has 0 spiro atoms. The predicted molar refractivity (Wildman–Crippen MR) is 125 cm³/mol. The summed E-state index contributed by atoms with van der Waals surface area (Å²) in [4.78, 5) is 0. The van der Waals surface area contributed by atoms with Crippen LogP contribution >= 0.6 is 0 Å². The minimum Gasteiger partial charge on any atom is -0.490 e. The van der Waals surface area contributed by atoms with E-state index in [0.717, 1.165) is 70.2 Å². The first kappa shape index (κ1) is 22.1. The molecule has 0 saturated carbocycles. The molecule has 0 saturated heterocycles. The zero-order valence-corrected chi connectivity index (χ0v) is 18.8. The van der Waals surface area contributed by atoms with Crippen molar-refractivity contribution in [2.24, 2.45) is 0 Å². The summed E-state index contributed by atoms with van der Waals surface area (Å²) in [7, 11) is 0. The molecule has 0 aliphatic carbocycles. The zero-order chi connectivity index (χ0) is 21.3. The molecule has 0 fully saturated rings. The fourth-order valence-electron chi connectivity index (χ4n) is 3.32. The maximum atomic E-state index is 5.97. The van der Waals surface area contributed by atoms with Crippen LogP contribution in [0.5, 0.6) is 23.0 Å². The Morgan fingerprint density at radius 3 is 0.833 bits per heavy atom. The molecule has 0 radical (unpaired) electrons. The summed E-state index contributed by atoms with van der Waals surface area (Å²) in [6.45, 7) is 11.1. The molecule has 0 aliphatic heterocycles. The Morgan fingerprint density at radius 1 is 0.400 bits per heavy atom. The third kappa shape index (κ3) is 5.29. The molecule has 3 aromatic rings. The van der Waals surface area contributed by atoms with Crippen LogP contribution in [-0.2, 0) is 0 Å². The molecule has 3 rings (SSSR count). The molecule has 0 bridgehead atoms. The van der Waals surface area contributed by atoms with E-state index in [2.05, 4.69) is 64.1 Å². The maximum Gasteiger partial charge on any atom is 0.161 e. The van der Waals surface area contributed by atoms with Crippen LogP contribution in [0.1, 0.15) is 53.4 Å². The van der Waals surface area contributed by atoms with Crippen LogP contribution in [0.2, 0.25) is 0 Å². The minimum absolute atomic E-state index is 0.675. The molecule has 3 aromatic carbocycles. The molecular formula is C26H34O4. The molecule has 0 amide bonds. The summed E-state index contributed by atoms with van der Waals surface area (Å²) in [6.07, 6.45) is 3.84. The van der Waals surface area contributed by atoms with Gasteiger partial charge in [0.1, 0.15) is 0 Å². The van der Waals surface area contributed by atoms with Crippen molar-refractivity contribution in [1.29, 1.82) is 0 Å². The van der Waals surface area contributed by atoms with Gasteiger partial charge in [-0.3, -0.25) is 0 Å². The molecule has 162 valence electrons. The lowest BCUT2D eigenvalue weighted by molar-refractivity contribution is 0.269. The Bertz CT molecular complexity index is 811. The van der Waals surface area contributed by atoms with E-state index < -0.39 is 0 Å². The number of hydrogen-bond donors (Lipinski definition) is 0. The Balaban J connectivity index is 2.08. The van der Waals surface area contributed by atoms with E-state index in [0.29, 0.717) is 26.4 Å². The van der Waals surface area contributed by atoms with Crippen molar-refractivity contribution in [3.63, 3.8) is 0 Å². The van der Waals surface area contributed by atoms with Crippen LogP contribution < -0.4 is 18.9 Å². The van der Waals surface area contributed by atoms with Gasteiger partial charge in [-0.15, -0.1) is 0 Å². The van der Waals surface area contributed by atoms with Gasteiger partial charge in [0.05, 0.1) is 26.4 Å². The van der Waals surface area contributed by atoms with E-state index in [-0.39, 0.29) is 0 Å². The van der Waals surface area contributed by atoms with Crippen LogP contribution in [-0.4, -0.2) is 26.4 Å². The van der Waals surface area contributed by atoms with Crippen molar-refractivity contribution < 1.29 is 18.9 Å². The highest BCUT2D eigenvalue weighted by molar-refractivity contribution is 6.00. The molecule has 0 unspecified atom stereocenters. The minimum atomic E-state index is 0.675. The van der Waals surface area contributed by atoms with E-state index in [1.54, 1.807) is 0 Å². The van der Waals surface area contributed by atoms with Gasteiger partial charge in [-0.2, -0.15) is 0 Å². The van der Waals surface area contributed by atoms with Gasteiger partial charge in [-0.1, -0.05) is 27.7 Å². The maximum absolute atomic E-state index is 5.97. The highest BCUT2D eigenvalue weighted by Gasteiger charge is 2.12. The summed E-state index contributed by atoms with van der Waals surface area (Å²) >= 11 is 0. The molecule has 30 heavy (non-hydrogen) atoms. The molecule has 0 aromatic heterocycles. The quantitative estimate of drug-likeness (QED) is 0.297. The van der Waals surface area contributed by atoms with Crippen LogP contribution in [0.15, 0.2) is 36.4 Å². The van der Waals surface area contributed by atoms with Crippen molar-refractivity contribution in [2.75, 3.05) is 26.4 Å². The highest BCUT2D eigenvalue weighted by atomic mass is 16.5. The van der Waals surface area contributed by atoms with E-state index in [9.17, 15) is 0 Å². The number of fused-ring (bicyclic) bond motifs is 2. The fraction of sp³-hybridized carbons (Fsp3) is 0.462. The van der Waals surface area contributed by atoms with Gasteiger partial charge < -0.3 is 18.9 Å². The summed E-state index contributed by atoms with van der Waals surface area (Å²) in [6, 6.07) is 12.7. The van der Waals surface area contributed by atoms with Crippen molar-refractivity contribution in [1.82, 2.24) is 0 Å². The summed E-state index contributed by atoms with van der Waals surface area (Å²) < 4.78 is 23.9. The normalized spacial score (nSPS) is 11.1. The van der Waals surface area contributed by atoms with Crippen molar-refractivity contribution in [3.05, 3.63) is 36.4 Å². The Hall–Kier alpha value is -2.62.